The number of ether oxygens (including phenoxy) is 1. The SMILES string of the molecule is CCn1c(C)cc(CNCC(=O)NCCOC)c1C. The fraction of sp³-hybridized carbons (Fsp3) is 0.643. The molecule has 0 bridgehead atoms. The summed E-state index contributed by atoms with van der Waals surface area (Å²) >= 11 is 0. The van der Waals surface area contributed by atoms with Crippen LogP contribution in [0.15, 0.2) is 6.07 Å². The maximum Gasteiger partial charge on any atom is 0.234 e. The number of carbonyl (C=O) groups is 1. The average molecular weight is 267 g/mol. The van der Waals surface area contributed by atoms with Crippen molar-refractivity contribution in [1.82, 2.24) is 15.2 Å². The molecule has 108 valence electrons. The fourth-order valence-corrected chi connectivity index (χ4v) is 2.20. The van der Waals surface area contributed by atoms with Gasteiger partial charge in [-0.1, -0.05) is 0 Å². The van der Waals surface area contributed by atoms with Crippen LogP contribution >= 0.6 is 0 Å². The first kappa shape index (κ1) is 15.7. The number of rotatable bonds is 8. The Balaban J connectivity index is 2.35. The van der Waals surface area contributed by atoms with Gasteiger partial charge in [0.15, 0.2) is 0 Å². The summed E-state index contributed by atoms with van der Waals surface area (Å²) in [5, 5.41) is 5.95. The fourth-order valence-electron chi connectivity index (χ4n) is 2.20. The summed E-state index contributed by atoms with van der Waals surface area (Å²) in [5.41, 5.74) is 3.79. The number of methoxy groups -OCH3 is 1. The molecule has 0 aliphatic heterocycles. The lowest BCUT2D eigenvalue weighted by molar-refractivity contribution is -0.120. The predicted molar refractivity (Wildman–Crippen MR) is 76.2 cm³/mol. The highest BCUT2D eigenvalue weighted by atomic mass is 16.5. The quantitative estimate of drug-likeness (QED) is 0.690. The largest absolute Gasteiger partial charge is 0.383 e. The second-order valence-corrected chi connectivity index (χ2v) is 4.59. The number of amides is 1. The van der Waals surface area contributed by atoms with Gasteiger partial charge in [0.25, 0.3) is 0 Å². The van der Waals surface area contributed by atoms with Crippen molar-refractivity contribution in [3.8, 4) is 0 Å². The Morgan fingerprint density at radius 1 is 1.42 bits per heavy atom. The Bertz CT molecular complexity index is 413. The Kier molecular flexibility index (Phi) is 6.59. The van der Waals surface area contributed by atoms with Crippen LogP contribution in [0.3, 0.4) is 0 Å². The maximum atomic E-state index is 11.5. The number of nitrogens with one attached hydrogen (secondary N) is 2. The maximum absolute atomic E-state index is 11.5. The van der Waals surface area contributed by atoms with Crippen LogP contribution in [0.4, 0.5) is 0 Å². The lowest BCUT2D eigenvalue weighted by atomic mass is 10.2. The van der Waals surface area contributed by atoms with Crippen molar-refractivity contribution in [2.75, 3.05) is 26.8 Å². The van der Waals surface area contributed by atoms with E-state index in [0.29, 0.717) is 19.7 Å². The van der Waals surface area contributed by atoms with Crippen LogP contribution in [0.5, 0.6) is 0 Å². The average Bonchev–Trinajstić information content (AvgIpc) is 2.64. The van der Waals surface area contributed by atoms with Crippen LogP contribution < -0.4 is 10.6 Å². The van der Waals surface area contributed by atoms with E-state index >= 15 is 0 Å². The van der Waals surface area contributed by atoms with E-state index in [1.165, 1.54) is 17.0 Å². The van der Waals surface area contributed by atoms with Crippen LogP contribution in [0.2, 0.25) is 0 Å². The third-order valence-corrected chi connectivity index (χ3v) is 3.22. The van der Waals surface area contributed by atoms with Gasteiger partial charge < -0.3 is 19.9 Å². The van der Waals surface area contributed by atoms with Gasteiger partial charge in [0, 0.05) is 38.1 Å². The summed E-state index contributed by atoms with van der Waals surface area (Å²) in [6, 6.07) is 2.18. The number of hydrogen-bond donors (Lipinski definition) is 2. The Hall–Kier alpha value is -1.33. The normalized spacial score (nSPS) is 10.7. The molecule has 1 aromatic heterocycles. The molecule has 1 rings (SSSR count). The molecular formula is C14H25N3O2. The standard InChI is InChI=1S/C14H25N3O2/c1-5-17-11(2)8-13(12(17)3)9-15-10-14(18)16-6-7-19-4/h8,15H,5-7,9-10H2,1-4H3,(H,16,18). The number of carbonyl (C=O) groups excluding carboxylic acids is 1. The summed E-state index contributed by atoms with van der Waals surface area (Å²) in [4.78, 5) is 11.5. The molecule has 0 spiro atoms. The molecule has 2 N–H and O–H groups in total. The van der Waals surface area contributed by atoms with Crippen LogP contribution in [0.25, 0.3) is 0 Å². The number of hydrogen-bond acceptors (Lipinski definition) is 3. The summed E-state index contributed by atoms with van der Waals surface area (Å²) in [5.74, 6) is 0.00125. The van der Waals surface area contributed by atoms with Gasteiger partial charge in [0.05, 0.1) is 13.2 Å². The highest BCUT2D eigenvalue weighted by Crippen LogP contribution is 2.14. The van der Waals surface area contributed by atoms with Crippen LogP contribution in [-0.4, -0.2) is 37.3 Å². The molecular weight excluding hydrogens is 242 g/mol. The first-order valence-electron chi connectivity index (χ1n) is 6.72. The summed E-state index contributed by atoms with van der Waals surface area (Å²) in [6.07, 6.45) is 0. The minimum Gasteiger partial charge on any atom is -0.383 e. The molecule has 5 heteroatoms. The molecule has 1 heterocycles. The Labute approximate surface area is 115 Å². The number of aryl methyl sites for hydroxylation is 1. The molecule has 5 nitrogen and oxygen atoms in total. The van der Waals surface area contributed by atoms with Gasteiger partial charge in [-0.15, -0.1) is 0 Å². The predicted octanol–water partition coefficient (Wildman–Crippen LogP) is 0.977. The monoisotopic (exact) mass is 267 g/mol. The molecule has 0 atom stereocenters. The molecule has 1 amide bonds. The zero-order valence-corrected chi connectivity index (χ0v) is 12.4. The van der Waals surface area contributed by atoms with E-state index < -0.39 is 0 Å². The van der Waals surface area contributed by atoms with Crippen molar-refractivity contribution in [1.29, 1.82) is 0 Å². The summed E-state index contributed by atoms with van der Waals surface area (Å²) in [7, 11) is 1.62. The van der Waals surface area contributed by atoms with E-state index in [-0.39, 0.29) is 5.91 Å². The van der Waals surface area contributed by atoms with E-state index in [9.17, 15) is 4.79 Å². The Morgan fingerprint density at radius 2 is 2.16 bits per heavy atom. The molecule has 0 saturated carbocycles. The summed E-state index contributed by atoms with van der Waals surface area (Å²) < 4.78 is 7.15. The van der Waals surface area contributed by atoms with Crippen molar-refractivity contribution >= 4 is 5.91 Å². The van der Waals surface area contributed by atoms with E-state index in [2.05, 4.69) is 42.0 Å². The third kappa shape index (κ3) is 4.69. The van der Waals surface area contributed by atoms with Gasteiger partial charge in [-0.25, -0.2) is 0 Å². The van der Waals surface area contributed by atoms with Gasteiger partial charge in [-0.2, -0.15) is 0 Å². The molecule has 0 radical (unpaired) electrons. The summed E-state index contributed by atoms with van der Waals surface area (Å²) in [6.45, 7) is 9.50. The zero-order valence-electron chi connectivity index (χ0n) is 12.4. The minimum absolute atomic E-state index is 0.00125. The van der Waals surface area contributed by atoms with E-state index in [1.807, 2.05) is 0 Å². The van der Waals surface area contributed by atoms with Crippen molar-refractivity contribution in [2.24, 2.45) is 0 Å². The van der Waals surface area contributed by atoms with Crippen molar-refractivity contribution in [3.63, 3.8) is 0 Å². The van der Waals surface area contributed by atoms with Crippen LogP contribution in [-0.2, 0) is 22.6 Å². The van der Waals surface area contributed by atoms with Crippen molar-refractivity contribution < 1.29 is 9.53 Å². The smallest absolute Gasteiger partial charge is 0.234 e. The molecule has 1 aromatic rings. The lowest BCUT2D eigenvalue weighted by Crippen LogP contribution is -2.35. The van der Waals surface area contributed by atoms with Gasteiger partial charge in [0.2, 0.25) is 5.91 Å². The van der Waals surface area contributed by atoms with Crippen molar-refractivity contribution in [2.45, 2.75) is 33.9 Å². The van der Waals surface area contributed by atoms with E-state index in [4.69, 9.17) is 4.74 Å². The third-order valence-electron chi connectivity index (χ3n) is 3.22. The highest BCUT2D eigenvalue weighted by molar-refractivity contribution is 5.77. The first-order chi connectivity index (χ1) is 9.10. The Morgan fingerprint density at radius 3 is 2.74 bits per heavy atom. The molecule has 0 unspecified atom stereocenters. The van der Waals surface area contributed by atoms with Crippen molar-refractivity contribution in [3.05, 3.63) is 23.0 Å². The van der Waals surface area contributed by atoms with Gasteiger partial charge in [-0.3, -0.25) is 4.79 Å². The number of nitrogens with zero attached hydrogens (tertiary/aromatic N) is 1. The van der Waals surface area contributed by atoms with Gasteiger partial charge in [0.1, 0.15) is 0 Å². The second-order valence-electron chi connectivity index (χ2n) is 4.59. The second kappa shape index (κ2) is 7.96. The van der Waals surface area contributed by atoms with Gasteiger partial charge in [-0.05, 0) is 32.4 Å². The first-order valence-corrected chi connectivity index (χ1v) is 6.72. The highest BCUT2D eigenvalue weighted by Gasteiger charge is 2.07. The molecule has 0 aliphatic carbocycles. The number of aromatic nitrogens is 1. The molecule has 0 saturated heterocycles. The minimum atomic E-state index is 0.00125. The molecule has 0 aromatic carbocycles. The molecule has 0 aliphatic rings. The van der Waals surface area contributed by atoms with E-state index in [1.54, 1.807) is 7.11 Å². The van der Waals surface area contributed by atoms with E-state index in [0.717, 1.165) is 13.1 Å². The zero-order chi connectivity index (χ0) is 14.3. The topological polar surface area (TPSA) is 55.3 Å². The van der Waals surface area contributed by atoms with Crippen LogP contribution in [0, 0.1) is 13.8 Å². The lowest BCUT2D eigenvalue weighted by Gasteiger charge is -2.08. The molecule has 19 heavy (non-hydrogen) atoms. The van der Waals surface area contributed by atoms with Gasteiger partial charge >= 0.3 is 0 Å². The molecule has 0 fully saturated rings. The van der Waals surface area contributed by atoms with Crippen LogP contribution in [0.1, 0.15) is 23.9 Å².